The van der Waals surface area contributed by atoms with Crippen LogP contribution < -0.4 is 10.6 Å². The predicted molar refractivity (Wildman–Crippen MR) is 97.2 cm³/mol. The van der Waals surface area contributed by atoms with E-state index in [1.54, 1.807) is 6.07 Å². The van der Waals surface area contributed by atoms with Crippen molar-refractivity contribution in [2.75, 3.05) is 26.2 Å². The first-order valence-corrected chi connectivity index (χ1v) is 10.3. The zero-order valence-corrected chi connectivity index (χ0v) is 16.1. The number of carbonyl (C=O) groups is 1. The van der Waals surface area contributed by atoms with Crippen LogP contribution in [0.3, 0.4) is 0 Å². The van der Waals surface area contributed by atoms with Crippen molar-refractivity contribution >= 4 is 39.7 Å². The number of halogens is 1. The van der Waals surface area contributed by atoms with Gasteiger partial charge in [0, 0.05) is 30.6 Å². The number of hydrogen-bond acceptors (Lipinski definition) is 5. The fourth-order valence-corrected chi connectivity index (χ4v) is 6.11. The Bertz CT molecular complexity index is 671. The van der Waals surface area contributed by atoms with E-state index < -0.39 is 10.0 Å². The van der Waals surface area contributed by atoms with Crippen LogP contribution in [0.1, 0.15) is 24.1 Å². The molecule has 0 radical (unpaired) electrons. The largest absolute Gasteiger partial charge is 0.352 e. The molecule has 0 aliphatic carbocycles. The van der Waals surface area contributed by atoms with Gasteiger partial charge in [0.05, 0.1) is 5.92 Å². The van der Waals surface area contributed by atoms with Crippen LogP contribution in [0.2, 0.25) is 0 Å². The molecule has 0 saturated carbocycles. The van der Waals surface area contributed by atoms with Crippen molar-refractivity contribution in [3.8, 4) is 0 Å². The van der Waals surface area contributed by atoms with Gasteiger partial charge in [-0.15, -0.1) is 23.7 Å². The second-order valence-electron chi connectivity index (χ2n) is 6.27. The summed E-state index contributed by atoms with van der Waals surface area (Å²) in [5.74, 6) is -0.263. The van der Waals surface area contributed by atoms with Crippen molar-refractivity contribution in [1.29, 1.82) is 0 Å². The van der Waals surface area contributed by atoms with Gasteiger partial charge in [0.15, 0.2) is 0 Å². The summed E-state index contributed by atoms with van der Waals surface area (Å²) in [6.45, 7) is 4.40. The molecule has 2 unspecified atom stereocenters. The minimum Gasteiger partial charge on any atom is -0.352 e. The number of nitrogens with zero attached hydrogens (tertiary/aromatic N) is 1. The molecule has 2 aliphatic heterocycles. The molecule has 0 aromatic carbocycles. The lowest BCUT2D eigenvalue weighted by Crippen LogP contribution is -2.47. The number of carbonyl (C=O) groups excluding carboxylic acids is 1. The summed E-state index contributed by atoms with van der Waals surface area (Å²) in [7, 11) is -3.48. The second-order valence-corrected chi connectivity index (χ2v) is 9.72. The van der Waals surface area contributed by atoms with Crippen molar-refractivity contribution in [2.45, 2.75) is 36.4 Å². The maximum Gasteiger partial charge on any atom is 0.252 e. The van der Waals surface area contributed by atoms with E-state index in [0.717, 1.165) is 37.2 Å². The Morgan fingerprint density at radius 1 is 1.38 bits per heavy atom. The Morgan fingerprint density at radius 2 is 2.17 bits per heavy atom. The maximum atomic E-state index is 12.7. The van der Waals surface area contributed by atoms with Crippen LogP contribution in [0.15, 0.2) is 16.3 Å². The third kappa shape index (κ3) is 4.29. The van der Waals surface area contributed by atoms with Gasteiger partial charge in [0.1, 0.15) is 4.21 Å². The molecule has 1 aromatic heterocycles. The summed E-state index contributed by atoms with van der Waals surface area (Å²) in [5, 5.41) is 6.26. The summed E-state index contributed by atoms with van der Waals surface area (Å²) in [5.41, 5.74) is 0. The van der Waals surface area contributed by atoms with Gasteiger partial charge < -0.3 is 10.6 Å². The van der Waals surface area contributed by atoms with Crippen molar-refractivity contribution in [3.63, 3.8) is 0 Å². The van der Waals surface area contributed by atoms with Gasteiger partial charge in [-0.3, -0.25) is 4.79 Å². The molecular formula is C15H24ClN3O3S2. The van der Waals surface area contributed by atoms with Gasteiger partial charge in [-0.2, -0.15) is 4.31 Å². The topological polar surface area (TPSA) is 78.5 Å². The number of nitrogens with one attached hydrogen (secondary N) is 2. The highest BCUT2D eigenvalue weighted by atomic mass is 35.5. The third-order valence-corrected chi connectivity index (χ3v) is 7.80. The summed E-state index contributed by atoms with van der Waals surface area (Å²) in [4.78, 5) is 13.4. The van der Waals surface area contributed by atoms with Gasteiger partial charge in [-0.1, -0.05) is 0 Å². The van der Waals surface area contributed by atoms with Crippen molar-refractivity contribution < 1.29 is 13.2 Å². The monoisotopic (exact) mass is 393 g/mol. The Labute approximate surface area is 153 Å². The van der Waals surface area contributed by atoms with Crippen LogP contribution >= 0.6 is 23.7 Å². The first-order chi connectivity index (χ1) is 11.0. The van der Waals surface area contributed by atoms with Crippen LogP contribution in [0.4, 0.5) is 0 Å². The molecule has 3 rings (SSSR count). The Morgan fingerprint density at radius 3 is 2.79 bits per heavy atom. The molecule has 2 fully saturated rings. The fraction of sp³-hybridized carbons (Fsp3) is 0.667. The quantitative estimate of drug-likeness (QED) is 0.809. The number of rotatable bonds is 4. The smallest absolute Gasteiger partial charge is 0.252 e. The minimum absolute atomic E-state index is 0. The van der Waals surface area contributed by atoms with E-state index in [0.29, 0.717) is 10.8 Å². The zero-order chi connectivity index (χ0) is 16.4. The van der Waals surface area contributed by atoms with Crippen molar-refractivity contribution in [2.24, 2.45) is 5.92 Å². The molecule has 136 valence electrons. The van der Waals surface area contributed by atoms with Crippen LogP contribution in [0.5, 0.6) is 0 Å². The van der Waals surface area contributed by atoms with E-state index in [2.05, 4.69) is 10.6 Å². The highest BCUT2D eigenvalue weighted by molar-refractivity contribution is 7.91. The average molecular weight is 394 g/mol. The first-order valence-electron chi connectivity index (χ1n) is 8.04. The molecule has 2 atom stereocenters. The summed E-state index contributed by atoms with van der Waals surface area (Å²) < 4.78 is 27.3. The molecule has 6 nitrogen and oxygen atoms in total. The van der Waals surface area contributed by atoms with Gasteiger partial charge in [0.25, 0.3) is 10.0 Å². The predicted octanol–water partition coefficient (Wildman–Crippen LogP) is 1.36. The van der Waals surface area contributed by atoms with Gasteiger partial charge in [-0.05, 0) is 44.9 Å². The van der Waals surface area contributed by atoms with E-state index in [9.17, 15) is 13.2 Å². The van der Waals surface area contributed by atoms with E-state index in [-0.39, 0.29) is 36.8 Å². The summed E-state index contributed by atoms with van der Waals surface area (Å²) >= 11 is 1.29. The second kappa shape index (κ2) is 8.14. The molecule has 1 amide bonds. The number of sulfonamides is 1. The van der Waals surface area contributed by atoms with Crippen molar-refractivity contribution in [1.82, 2.24) is 14.9 Å². The standard InChI is InChI=1S/C15H23N3O3S2.ClH/c1-11-4-5-14(22-11)23(20,21)18-8-2-3-12(10-18)15(19)17-13-6-7-16-9-13;/h4-5,12-13,16H,2-3,6-10H2,1H3,(H,17,19);1H. The summed E-state index contributed by atoms with van der Waals surface area (Å²) in [6.07, 6.45) is 2.42. The lowest BCUT2D eigenvalue weighted by Gasteiger charge is -2.31. The highest BCUT2D eigenvalue weighted by Crippen LogP contribution is 2.28. The SMILES string of the molecule is Cc1ccc(S(=O)(=O)N2CCCC(C(=O)NC3CCNC3)C2)s1.Cl. The van der Waals surface area contributed by atoms with Gasteiger partial charge in [-0.25, -0.2) is 8.42 Å². The molecule has 0 spiro atoms. The molecule has 3 heterocycles. The normalized spacial score (nSPS) is 25.2. The third-order valence-electron chi connectivity index (χ3n) is 4.47. The van der Waals surface area contributed by atoms with Crippen LogP contribution in [-0.2, 0) is 14.8 Å². The van der Waals surface area contributed by atoms with Gasteiger partial charge in [0.2, 0.25) is 5.91 Å². The van der Waals surface area contributed by atoms with Crippen molar-refractivity contribution in [3.05, 3.63) is 17.0 Å². The van der Waals surface area contributed by atoms with E-state index >= 15 is 0 Å². The zero-order valence-electron chi connectivity index (χ0n) is 13.7. The highest BCUT2D eigenvalue weighted by Gasteiger charge is 2.34. The lowest BCUT2D eigenvalue weighted by molar-refractivity contribution is -0.126. The minimum atomic E-state index is -3.48. The van der Waals surface area contributed by atoms with E-state index in [1.165, 1.54) is 15.6 Å². The fourth-order valence-electron chi connectivity index (χ4n) is 3.15. The van der Waals surface area contributed by atoms with Crippen LogP contribution in [0, 0.1) is 12.8 Å². The Kier molecular flexibility index (Phi) is 6.66. The maximum absolute atomic E-state index is 12.7. The molecule has 0 bridgehead atoms. The first kappa shape index (κ1) is 19.7. The molecule has 2 aliphatic rings. The number of aryl methyl sites for hydroxylation is 1. The molecule has 2 saturated heterocycles. The molecule has 2 N–H and O–H groups in total. The van der Waals surface area contributed by atoms with Crippen LogP contribution in [0.25, 0.3) is 0 Å². The van der Waals surface area contributed by atoms with E-state index in [1.807, 2.05) is 13.0 Å². The molecule has 1 aromatic rings. The molecular weight excluding hydrogens is 370 g/mol. The van der Waals surface area contributed by atoms with Crippen LogP contribution in [-0.4, -0.2) is 50.9 Å². The average Bonchev–Trinajstić information content (AvgIpc) is 3.19. The lowest BCUT2D eigenvalue weighted by atomic mass is 9.98. The molecule has 24 heavy (non-hydrogen) atoms. The van der Waals surface area contributed by atoms with Gasteiger partial charge >= 0.3 is 0 Å². The molecule has 9 heteroatoms. The van der Waals surface area contributed by atoms with E-state index in [4.69, 9.17) is 0 Å². The number of thiophene rings is 1. The number of hydrogen-bond donors (Lipinski definition) is 2. The number of piperidine rings is 1. The Balaban J connectivity index is 0.00000208. The number of amides is 1. The Hall–Kier alpha value is -0.670. The summed E-state index contributed by atoms with van der Waals surface area (Å²) in [6, 6.07) is 3.65.